The number of nitrogens with zero attached hydrogens (tertiary/aromatic N) is 2. The van der Waals surface area contributed by atoms with Gasteiger partial charge in [-0.05, 0) is 24.3 Å². The maximum Gasteiger partial charge on any atom is 1.00 e. The van der Waals surface area contributed by atoms with Gasteiger partial charge in [-0.25, -0.2) is 8.42 Å². The van der Waals surface area contributed by atoms with Crippen LogP contribution in [0.2, 0.25) is 0 Å². The van der Waals surface area contributed by atoms with E-state index < -0.39 is 10.3 Å². The molecule has 0 saturated heterocycles. The number of benzene rings is 1. The molecular weight excluding hydrogens is 231 g/mol. The van der Waals surface area contributed by atoms with Crippen LogP contribution in [0.25, 0.3) is 0 Å². The van der Waals surface area contributed by atoms with E-state index in [4.69, 9.17) is 4.74 Å². The van der Waals surface area contributed by atoms with Crippen molar-refractivity contribution in [3.05, 3.63) is 24.3 Å². The van der Waals surface area contributed by atoms with Crippen LogP contribution in [0.3, 0.4) is 0 Å². The molecule has 0 fully saturated rings. The first-order valence-corrected chi connectivity index (χ1v) is 4.91. The standard InChI is InChI=1S/C7H8N2O4S.Na/c1-13-7-4-2-6(3-5-7)8-9-14(10,11)12;/h2-5H,1H3,(H,10,11,12);/q;+1/p-1. The van der Waals surface area contributed by atoms with Gasteiger partial charge in [-0.3, -0.25) is 0 Å². The van der Waals surface area contributed by atoms with E-state index in [1.807, 2.05) is 0 Å². The Bertz CT molecular complexity index is 429. The summed E-state index contributed by atoms with van der Waals surface area (Å²) in [6.45, 7) is 0. The third-order valence-corrected chi connectivity index (χ3v) is 1.61. The fourth-order valence-corrected chi connectivity index (χ4v) is 0.940. The summed E-state index contributed by atoms with van der Waals surface area (Å²) in [5.74, 6) is 0.605. The van der Waals surface area contributed by atoms with Crippen molar-refractivity contribution in [2.75, 3.05) is 7.11 Å². The third-order valence-electron chi connectivity index (χ3n) is 1.33. The van der Waals surface area contributed by atoms with Crippen LogP contribution in [-0.2, 0) is 10.3 Å². The zero-order valence-electron chi connectivity index (χ0n) is 8.25. The summed E-state index contributed by atoms with van der Waals surface area (Å²) >= 11 is 0. The van der Waals surface area contributed by atoms with Gasteiger partial charge in [0.25, 0.3) is 0 Å². The predicted octanol–water partition coefficient (Wildman–Crippen LogP) is -1.76. The molecule has 0 saturated carbocycles. The number of ether oxygens (including phenoxy) is 1. The van der Waals surface area contributed by atoms with Crippen LogP contribution in [0.15, 0.2) is 33.9 Å². The molecule has 0 aliphatic carbocycles. The Kier molecular flexibility index (Phi) is 5.99. The smallest absolute Gasteiger partial charge is 0.728 e. The Balaban J connectivity index is 0.00000196. The molecule has 1 aromatic carbocycles. The van der Waals surface area contributed by atoms with E-state index in [2.05, 4.69) is 9.63 Å². The molecule has 8 heteroatoms. The number of hydrogen-bond donors (Lipinski definition) is 0. The van der Waals surface area contributed by atoms with Gasteiger partial charge in [0.05, 0.1) is 12.8 Å². The number of methoxy groups -OCH3 is 1. The Labute approximate surface area is 110 Å². The molecule has 0 aliphatic rings. The summed E-state index contributed by atoms with van der Waals surface area (Å²) in [5.41, 5.74) is 0.269. The monoisotopic (exact) mass is 238 g/mol. The summed E-state index contributed by atoms with van der Waals surface area (Å²) in [6, 6.07) is 6.11. The summed E-state index contributed by atoms with van der Waals surface area (Å²) in [6.07, 6.45) is 0. The molecule has 0 bridgehead atoms. The average Bonchev–Trinajstić information content (AvgIpc) is 2.14. The normalized spacial score (nSPS) is 11.1. The fourth-order valence-electron chi connectivity index (χ4n) is 0.746. The zero-order valence-corrected chi connectivity index (χ0v) is 11.1. The molecule has 0 heterocycles. The second-order valence-corrected chi connectivity index (χ2v) is 3.33. The van der Waals surface area contributed by atoms with E-state index in [0.717, 1.165) is 0 Å². The summed E-state index contributed by atoms with van der Waals surface area (Å²) in [5, 5.41) is 3.22. The van der Waals surface area contributed by atoms with Crippen molar-refractivity contribution in [1.29, 1.82) is 0 Å². The SMILES string of the molecule is COc1ccc(N=NS(=O)(=O)[O-])cc1.[Na+]. The van der Waals surface area contributed by atoms with Crippen molar-refractivity contribution in [3.63, 3.8) is 0 Å². The summed E-state index contributed by atoms with van der Waals surface area (Å²) in [7, 11) is -3.16. The Hall–Kier alpha value is -0.470. The van der Waals surface area contributed by atoms with Gasteiger partial charge in [0.15, 0.2) is 0 Å². The van der Waals surface area contributed by atoms with E-state index in [1.165, 1.54) is 19.2 Å². The second-order valence-electron chi connectivity index (χ2n) is 2.31. The molecule has 0 radical (unpaired) electrons. The van der Waals surface area contributed by atoms with Crippen LogP contribution in [0.1, 0.15) is 0 Å². The predicted molar refractivity (Wildman–Crippen MR) is 47.2 cm³/mol. The van der Waals surface area contributed by atoms with Crippen molar-refractivity contribution in [1.82, 2.24) is 0 Å². The molecule has 15 heavy (non-hydrogen) atoms. The Morgan fingerprint density at radius 2 is 1.80 bits per heavy atom. The van der Waals surface area contributed by atoms with E-state index in [9.17, 15) is 13.0 Å². The molecule has 0 amide bonds. The first-order valence-electron chi connectivity index (χ1n) is 3.54. The van der Waals surface area contributed by atoms with Gasteiger partial charge in [0, 0.05) is 0 Å². The molecule has 0 atom stereocenters. The third kappa shape index (κ3) is 5.85. The van der Waals surface area contributed by atoms with Crippen LogP contribution in [0, 0.1) is 0 Å². The quantitative estimate of drug-likeness (QED) is 0.354. The Morgan fingerprint density at radius 3 is 2.20 bits per heavy atom. The van der Waals surface area contributed by atoms with Gasteiger partial charge in [-0.2, -0.15) is 0 Å². The maximum absolute atomic E-state index is 10.1. The van der Waals surface area contributed by atoms with Crippen LogP contribution in [0.5, 0.6) is 5.75 Å². The van der Waals surface area contributed by atoms with Crippen LogP contribution in [0.4, 0.5) is 5.69 Å². The van der Waals surface area contributed by atoms with Crippen LogP contribution < -0.4 is 34.3 Å². The minimum atomic E-state index is -4.66. The molecule has 1 rings (SSSR count). The molecule has 0 aliphatic heterocycles. The van der Waals surface area contributed by atoms with E-state index in [0.29, 0.717) is 5.75 Å². The zero-order chi connectivity index (χ0) is 10.6. The molecule has 0 unspecified atom stereocenters. The number of hydrogen-bond acceptors (Lipinski definition) is 5. The average molecular weight is 238 g/mol. The maximum atomic E-state index is 10.1. The Morgan fingerprint density at radius 1 is 1.27 bits per heavy atom. The first-order chi connectivity index (χ1) is 6.51. The van der Waals surface area contributed by atoms with Gasteiger partial charge in [0.1, 0.15) is 5.75 Å². The van der Waals surface area contributed by atoms with Crippen molar-refractivity contribution < 1.29 is 47.3 Å². The van der Waals surface area contributed by atoms with E-state index in [-0.39, 0.29) is 35.2 Å². The second kappa shape index (κ2) is 6.19. The van der Waals surface area contributed by atoms with Crippen molar-refractivity contribution in [2.24, 2.45) is 9.63 Å². The van der Waals surface area contributed by atoms with Crippen LogP contribution >= 0.6 is 0 Å². The summed E-state index contributed by atoms with van der Waals surface area (Å²) < 4.78 is 37.7. The van der Waals surface area contributed by atoms with Gasteiger partial charge < -0.3 is 9.29 Å². The largest absolute Gasteiger partial charge is 1.00 e. The minimum Gasteiger partial charge on any atom is -0.728 e. The van der Waals surface area contributed by atoms with Gasteiger partial charge in [-0.15, -0.1) is 5.11 Å². The van der Waals surface area contributed by atoms with Gasteiger partial charge in [0.2, 0.25) is 10.3 Å². The van der Waals surface area contributed by atoms with Crippen molar-refractivity contribution in [3.8, 4) is 5.75 Å². The molecule has 6 nitrogen and oxygen atoms in total. The molecular formula is C7H7N2NaO4S. The molecule has 76 valence electrons. The minimum absolute atomic E-state index is 0. The molecule has 0 spiro atoms. The molecule has 0 aromatic heterocycles. The van der Waals surface area contributed by atoms with E-state index in [1.54, 1.807) is 12.1 Å². The fraction of sp³-hybridized carbons (Fsp3) is 0.143. The topological polar surface area (TPSA) is 91.2 Å². The van der Waals surface area contributed by atoms with Gasteiger partial charge >= 0.3 is 29.6 Å². The summed E-state index contributed by atoms with van der Waals surface area (Å²) in [4.78, 5) is 0. The van der Waals surface area contributed by atoms with Crippen molar-refractivity contribution >= 4 is 16.0 Å². The molecule has 1 aromatic rings. The first kappa shape index (κ1) is 14.5. The van der Waals surface area contributed by atoms with Gasteiger partial charge in [-0.1, -0.05) is 4.52 Å². The molecule has 0 N–H and O–H groups in total. The van der Waals surface area contributed by atoms with Crippen LogP contribution in [-0.4, -0.2) is 20.1 Å². The van der Waals surface area contributed by atoms with Crippen molar-refractivity contribution in [2.45, 2.75) is 0 Å². The van der Waals surface area contributed by atoms with E-state index >= 15 is 0 Å². The number of rotatable bonds is 3.